The minimum absolute atomic E-state index is 0.0400. The molecule has 1 aromatic rings. The number of carbonyl (C=O) groups excluding carboxylic acids is 3. The highest BCUT2D eigenvalue weighted by Gasteiger charge is 2.40. The molecule has 0 spiro atoms. The van der Waals surface area contributed by atoms with E-state index in [4.69, 9.17) is 16.1 Å². The maximum absolute atomic E-state index is 12.7. The second-order valence-corrected chi connectivity index (χ2v) is 9.37. The van der Waals surface area contributed by atoms with E-state index in [0.717, 1.165) is 0 Å². The molecule has 1 atom stereocenters. The first-order chi connectivity index (χ1) is 18.2. The number of para-hydroxylation sites is 1. The van der Waals surface area contributed by atoms with E-state index in [1.807, 2.05) is 0 Å². The molecule has 1 fully saturated rings. The average Bonchev–Trinajstić information content (AvgIpc) is 2.86. The first-order valence-corrected chi connectivity index (χ1v) is 12.7. The minimum atomic E-state index is -1.38. The molecule has 1 saturated carbocycles. The predicted octanol–water partition coefficient (Wildman–Crippen LogP) is -1.78. The van der Waals surface area contributed by atoms with Crippen molar-refractivity contribution < 1.29 is 34.0 Å². The van der Waals surface area contributed by atoms with Gasteiger partial charge in [-0.05, 0) is 36.8 Å². The Morgan fingerprint density at radius 1 is 1.05 bits per heavy atom. The van der Waals surface area contributed by atoms with Gasteiger partial charge >= 0.3 is 25.1 Å². The van der Waals surface area contributed by atoms with Crippen molar-refractivity contribution in [3.63, 3.8) is 0 Å². The summed E-state index contributed by atoms with van der Waals surface area (Å²) >= 11 is 0. The Kier molecular flexibility index (Phi) is 10.6. The molecule has 208 valence electrons. The number of amides is 5. The normalized spacial score (nSPS) is 19.8. The lowest BCUT2D eigenvalue weighted by Crippen LogP contribution is -2.56. The van der Waals surface area contributed by atoms with Crippen LogP contribution in [0.4, 0.5) is 9.59 Å². The Hall–Kier alpha value is -3.56. The van der Waals surface area contributed by atoms with Gasteiger partial charge in [0.2, 0.25) is 5.91 Å². The summed E-state index contributed by atoms with van der Waals surface area (Å²) in [6, 6.07) is 3.94. The molecule has 1 aliphatic carbocycles. The van der Waals surface area contributed by atoms with Gasteiger partial charge in [-0.2, -0.15) is 0 Å². The third-order valence-corrected chi connectivity index (χ3v) is 6.57. The predicted molar refractivity (Wildman–Crippen MR) is 138 cm³/mol. The van der Waals surface area contributed by atoms with Crippen LogP contribution in [0.2, 0.25) is 0 Å². The third kappa shape index (κ3) is 7.72. The molecule has 0 unspecified atom stereocenters. The zero-order chi connectivity index (χ0) is 27.7. The van der Waals surface area contributed by atoms with Gasteiger partial charge in [0.15, 0.2) is 0 Å². The van der Waals surface area contributed by atoms with Gasteiger partial charge in [-0.15, -0.1) is 0 Å². The summed E-state index contributed by atoms with van der Waals surface area (Å²) in [6.45, 7) is 1.83. The number of nitrogens with zero attached hydrogens (tertiary/aromatic N) is 1. The number of benzene rings is 1. The average molecular weight is 533 g/mol. The zero-order valence-electron chi connectivity index (χ0n) is 21.2. The van der Waals surface area contributed by atoms with E-state index in [1.54, 1.807) is 17.0 Å². The Labute approximate surface area is 221 Å². The van der Waals surface area contributed by atoms with E-state index >= 15 is 0 Å². The fourth-order valence-corrected chi connectivity index (χ4v) is 4.63. The minimum Gasteiger partial charge on any atom is -0.534 e. The van der Waals surface area contributed by atoms with Gasteiger partial charge in [-0.1, -0.05) is 12.1 Å². The molecule has 0 aromatic heterocycles. The fraction of sp³-hybridized carbons (Fsp3) is 0.565. The lowest BCUT2D eigenvalue weighted by molar-refractivity contribution is -0.123. The van der Waals surface area contributed by atoms with Crippen LogP contribution in [0.5, 0.6) is 5.75 Å². The van der Waals surface area contributed by atoms with Crippen LogP contribution >= 0.6 is 0 Å². The van der Waals surface area contributed by atoms with Crippen molar-refractivity contribution in [3.8, 4) is 5.75 Å². The zero-order valence-corrected chi connectivity index (χ0v) is 21.2. The van der Waals surface area contributed by atoms with Crippen molar-refractivity contribution in [2.75, 3.05) is 39.3 Å². The monoisotopic (exact) mass is 533 g/mol. The molecular formula is C23H36BN7O7. The van der Waals surface area contributed by atoms with E-state index in [9.17, 15) is 29.3 Å². The lowest BCUT2D eigenvalue weighted by atomic mass is 9.71. The van der Waals surface area contributed by atoms with Crippen molar-refractivity contribution in [2.24, 2.45) is 17.4 Å². The summed E-state index contributed by atoms with van der Waals surface area (Å²) in [5, 5.41) is 30.5. The van der Waals surface area contributed by atoms with Crippen LogP contribution < -0.4 is 37.4 Å². The molecule has 5 amide bonds. The van der Waals surface area contributed by atoms with Crippen molar-refractivity contribution in [3.05, 3.63) is 29.3 Å². The van der Waals surface area contributed by atoms with Crippen LogP contribution in [0.3, 0.4) is 0 Å². The van der Waals surface area contributed by atoms with Crippen LogP contribution in [0, 0.1) is 5.92 Å². The van der Waals surface area contributed by atoms with Gasteiger partial charge in [-0.25, -0.2) is 14.4 Å². The maximum atomic E-state index is 12.7. The van der Waals surface area contributed by atoms with E-state index in [1.165, 1.54) is 6.07 Å². The molecule has 0 saturated heterocycles. The highest BCUT2D eigenvalue weighted by atomic mass is 16.5. The smallest absolute Gasteiger partial charge is 0.534 e. The molecule has 15 heteroatoms. The molecule has 2 aliphatic rings. The summed E-state index contributed by atoms with van der Waals surface area (Å²) in [5.74, 6) is -1.99. The standard InChI is InChI=1S/C23H36BN7O7/c25-4-6-27-22(35)28-8-9-31(23(36)29-7-5-26)16-10-14(11-16)12-19(32)30-18-13-15-2-1-3-17(21(33)34)20(15)38-24(18)37/h1-3,14,16,18,37H,4-13,25-26H2,(H,29,36)(H,30,32)(H,33,34)(H2,27,28,35)/t14?,16?,18-/m0/s1. The highest BCUT2D eigenvalue weighted by molar-refractivity contribution is 6.47. The molecule has 38 heavy (non-hydrogen) atoms. The molecule has 3 rings (SSSR count). The number of carboxylic acid groups (broad SMARTS) is 1. The molecule has 1 aliphatic heterocycles. The number of carbonyl (C=O) groups is 4. The molecule has 0 bridgehead atoms. The molecule has 14 nitrogen and oxygen atoms in total. The summed E-state index contributed by atoms with van der Waals surface area (Å²) in [5.41, 5.74) is 11.4. The van der Waals surface area contributed by atoms with Crippen LogP contribution in [-0.2, 0) is 11.2 Å². The number of fused-ring (bicyclic) bond motifs is 1. The van der Waals surface area contributed by atoms with Crippen LogP contribution in [0.1, 0.15) is 35.2 Å². The number of nitrogens with two attached hydrogens (primary N) is 2. The molecular weight excluding hydrogens is 497 g/mol. The summed E-state index contributed by atoms with van der Waals surface area (Å²) < 4.78 is 5.43. The fourth-order valence-electron chi connectivity index (χ4n) is 4.63. The van der Waals surface area contributed by atoms with Gasteiger partial charge in [0.05, 0.1) is 11.5 Å². The topological polar surface area (TPSA) is 221 Å². The first-order valence-electron chi connectivity index (χ1n) is 12.7. The van der Waals surface area contributed by atoms with Crippen LogP contribution in [-0.4, -0.2) is 97.3 Å². The molecule has 1 heterocycles. The second kappa shape index (κ2) is 13.8. The molecule has 1 aromatic carbocycles. The quantitative estimate of drug-likeness (QED) is 0.142. The van der Waals surface area contributed by atoms with Gasteiger partial charge in [0.1, 0.15) is 5.75 Å². The number of rotatable bonds is 12. The Bertz CT molecular complexity index is 1010. The molecule has 0 radical (unpaired) electrons. The number of aromatic carboxylic acids is 1. The number of carboxylic acids is 1. The Balaban J connectivity index is 1.48. The number of hydrogen-bond donors (Lipinski definition) is 8. The number of urea groups is 2. The highest BCUT2D eigenvalue weighted by Crippen LogP contribution is 2.35. The van der Waals surface area contributed by atoms with Crippen LogP contribution in [0.15, 0.2) is 18.2 Å². The van der Waals surface area contributed by atoms with Crippen molar-refractivity contribution in [1.29, 1.82) is 0 Å². The van der Waals surface area contributed by atoms with E-state index in [2.05, 4.69) is 21.3 Å². The Morgan fingerprint density at radius 3 is 2.42 bits per heavy atom. The third-order valence-electron chi connectivity index (χ3n) is 6.57. The van der Waals surface area contributed by atoms with Crippen molar-refractivity contribution in [2.45, 2.75) is 37.7 Å². The largest absolute Gasteiger partial charge is 0.547 e. The summed E-state index contributed by atoms with van der Waals surface area (Å²) in [6.07, 6.45) is 1.66. The van der Waals surface area contributed by atoms with Gasteiger partial charge < -0.3 is 52.4 Å². The van der Waals surface area contributed by atoms with Gasteiger partial charge in [0, 0.05) is 51.7 Å². The van der Waals surface area contributed by atoms with Gasteiger partial charge in [0.25, 0.3) is 0 Å². The van der Waals surface area contributed by atoms with Crippen LogP contribution in [0.25, 0.3) is 0 Å². The second-order valence-electron chi connectivity index (χ2n) is 9.37. The van der Waals surface area contributed by atoms with E-state index < -0.39 is 19.0 Å². The Morgan fingerprint density at radius 2 is 1.74 bits per heavy atom. The number of hydrogen-bond acceptors (Lipinski definition) is 8. The van der Waals surface area contributed by atoms with Crippen molar-refractivity contribution in [1.82, 2.24) is 26.2 Å². The summed E-state index contributed by atoms with van der Waals surface area (Å²) in [4.78, 5) is 50.1. The lowest BCUT2D eigenvalue weighted by Gasteiger charge is -2.43. The SMILES string of the molecule is NCCNC(=O)NCCN(C(=O)NCCN)C1CC(CC(=O)N[C@H]2Cc3cccc(C(=O)O)c3OB2O)C1. The maximum Gasteiger partial charge on any atom is 0.547 e. The van der Waals surface area contributed by atoms with Gasteiger partial charge in [-0.3, -0.25) is 4.79 Å². The summed E-state index contributed by atoms with van der Waals surface area (Å²) in [7, 11) is -1.38. The van der Waals surface area contributed by atoms with E-state index in [-0.39, 0.29) is 60.6 Å². The molecule has 10 N–H and O–H groups in total. The van der Waals surface area contributed by atoms with Crippen molar-refractivity contribution >= 4 is 31.1 Å². The number of nitrogens with one attached hydrogen (secondary N) is 4. The first kappa shape index (κ1) is 29.0. The van der Waals surface area contributed by atoms with E-state index in [0.29, 0.717) is 51.1 Å².